The molecule has 0 amide bonds. The van der Waals surface area contributed by atoms with Crippen LogP contribution in [0.25, 0.3) is 0 Å². The van der Waals surface area contributed by atoms with E-state index in [1.807, 2.05) is 6.92 Å². The van der Waals surface area contributed by atoms with Gasteiger partial charge in [-0.25, -0.2) is 4.79 Å². The lowest BCUT2D eigenvalue weighted by Gasteiger charge is -2.37. The van der Waals surface area contributed by atoms with Crippen LogP contribution in [0.3, 0.4) is 0 Å². The SMILES string of the molecule is C=CC(=O)OCCCC(C)(C)O[Si](CC)(CC)OCC. The van der Waals surface area contributed by atoms with Crippen molar-refractivity contribution in [3.63, 3.8) is 0 Å². The van der Waals surface area contributed by atoms with E-state index in [-0.39, 0.29) is 11.6 Å². The van der Waals surface area contributed by atoms with Crippen molar-refractivity contribution in [2.45, 2.75) is 65.1 Å². The smallest absolute Gasteiger partial charge is 0.337 e. The second-order valence-corrected chi connectivity index (χ2v) is 9.12. The number of rotatable bonds is 11. The highest BCUT2D eigenvalue weighted by atomic mass is 28.4. The van der Waals surface area contributed by atoms with E-state index in [9.17, 15) is 4.79 Å². The van der Waals surface area contributed by atoms with Crippen LogP contribution < -0.4 is 0 Å². The van der Waals surface area contributed by atoms with Crippen molar-refractivity contribution in [3.05, 3.63) is 12.7 Å². The summed E-state index contributed by atoms with van der Waals surface area (Å²) in [5, 5.41) is 0. The van der Waals surface area contributed by atoms with Gasteiger partial charge in [0, 0.05) is 12.7 Å². The summed E-state index contributed by atoms with van der Waals surface area (Å²) >= 11 is 0. The largest absolute Gasteiger partial charge is 0.463 e. The molecule has 0 aromatic heterocycles. The van der Waals surface area contributed by atoms with Crippen molar-refractivity contribution in [2.75, 3.05) is 13.2 Å². The zero-order valence-corrected chi connectivity index (χ0v) is 14.7. The molecule has 0 N–H and O–H groups in total. The highest BCUT2D eigenvalue weighted by molar-refractivity contribution is 6.67. The Kier molecular flexibility index (Phi) is 9.01. The first-order valence-corrected chi connectivity index (χ1v) is 9.71. The lowest BCUT2D eigenvalue weighted by Crippen LogP contribution is -2.47. The molecule has 0 saturated heterocycles. The zero-order valence-electron chi connectivity index (χ0n) is 13.7. The van der Waals surface area contributed by atoms with Gasteiger partial charge in [0.1, 0.15) is 0 Å². The van der Waals surface area contributed by atoms with Crippen LogP contribution in [0.2, 0.25) is 12.1 Å². The number of ether oxygens (including phenoxy) is 1. The Morgan fingerprint density at radius 3 is 2.30 bits per heavy atom. The third-order valence-corrected chi connectivity index (χ3v) is 7.18. The number of esters is 1. The van der Waals surface area contributed by atoms with Crippen molar-refractivity contribution in [1.29, 1.82) is 0 Å². The summed E-state index contributed by atoms with van der Waals surface area (Å²) in [7, 11) is -2.09. The molecule has 0 spiro atoms. The fraction of sp³-hybridized carbons (Fsp3) is 0.800. The average Bonchev–Trinajstić information content (AvgIpc) is 2.42. The van der Waals surface area contributed by atoms with Gasteiger partial charge in [-0.1, -0.05) is 20.4 Å². The number of carbonyl (C=O) groups is 1. The van der Waals surface area contributed by atoms with Gasteiger partial charge in [0.15, 0.2) is 0 Å². The van der Waals surface area contributed by atoms with Gasteiger partial charge >= 0.3 is 14.5 Å². The average molecular weight is 302 g/mol. The van der Waals surface area contributed by atoms with Crippen molar-refractivity contribution in [3.8, 4) is 0 Å². The maximum Gasteiger partial charge on any atom is 0.337 e. The van der Waals surface area contributed by atoms with E-state index in [2.05, 4.69) is 34.3 Å². The number of hydrogen-bond acceptors (Lipinski definition) is 4. The summed E-state index contributed by atoms with van der Waals surface area (Å²) < 4.78 is 17.3. The van der Waals surface area contributed by atoms with Crippen LogP contribution in [0.15, 0.2) is 12.7 Å². The lowest BCUT2D eigenvalue weighted by molar-refractivity contribution is -0.138. The summed E-state index contributed by atoms with van der Waals surface area (Å²) in [5.74, 6) is -0.371. The summed E-state index contributed by atoms with van der Waals surface area (Å²) in [6.07, 6.45) is 2.79. The highest BCUT2D eigenvalue weighted by Gasteiger charge is 2.38. The fourth-order valence-electron chi connectivity index (χ4n) is 2.18. The van der Waals surface area contributed by atoms with Gasteiger partial charge in [-0.3, -0.25) is 0 Å². The minimum Gasteiger partial charge on any atom is -0.463 e. The van der Waals surface area contributed by atoms with Gasteiger partial charge in [0.25, 0.3) is 0 Å². The second-order valence-electron chi connectivity index (χ2n) is 5.39. The Balaban J connectivity index is 4.33. The molecule has 4 nitrogen and oxygen atoms in total. The van der Waals surface area contributed by atoms with Crippen LogP contribution in [-0.2, 0) is 18.4 Å². The molecule has 0 aliphatic carbocycles. The van der Waals surface area contributed by atoms with Crippen molar-refractivity contribution in [2.24, 2.45) is 0 Å². The van der Waals surface area contributed by atoms with Crippen molar-refractivity contribution < 1.29 is 18.4 Å². The van der Waals surface area contributed by atoms with Gasteiger partial charge in [0.05, 0.1) is 12.2 Å². The molecule has 0 aliphatic rings. The summed E-state index contributed by atoms with van der Waals surface area (Å²) in [5.41, 5.74) is -0.256. The van der Waals surface area contributed by atoms with E-state index in [4.69, 9.17) is 13.6 Å². The van der Waals surface area contributed by atoms with E-state index in [1.54, 1.807) is 0 Å². The lowest BCUT2D eigenvalue weighted by atomic mass is 10.0. The van der Waals surface area contributed by atoms with Gasteiger partial charge < -0.3 is 13.6 Å². The minimum absolute atomic E-state index is 0.256. The summed E-state index contributed by atoms with van der Waals surface area (Å²) in [4.78, 5) is 11.0. The first kappa shape index (κ1) is 19.3. The van der Waals surface area contributed by atoms with E-state index in [1.165, 1.54) is 6.08 Å². The summed E-state index contributed by atoms with van der Waals surface area (Å²) in [6.45, 7) is 14.9. The van der Waals surface area contributed by atoms with Crippen molar-refractivity contribution in [1.82, 2.24) is 0 Å². The molecular weight excluding hydrogens is 272 g/mol. The molecule has 0 rings (SSSR count). The Morgan fingerprint density at radius 1 is 1.25 bits per heavy atom. The molecule has 0 radical (unpaired) electrons. The third-order valence-electron chi connectivity index (χ3n) is 3.28. The Bertz CT molecular complexity index is 298. The molecule has 0 saturated carbocycles. The maximum atomic E-state index is 11.0. The Labute approximate surface area is 124 Å². The quantitative estimate of drug-likeness (QED) is 0.252. The van der Waals surface area contributed by atoms with Gasteiger partial charge in [-0.15, -0.1) is 0 Å². The monoisotopic (exact) mass is 302 g/mol. The minimum atomic E-state index is -2.09. The van der Waals surface area contributed by atoms with Gasteiger partial charge in [-0.05, 0) is 45.7 Å². The third kappa shape index (κ3) is 7.22. The molecule has 0 fully saturated rings. The van der Waals surface area contributed by atoms with Crippen LogP contribution >= 0.6 is 0 Å². The molecule has 0 atom stereocenters. The zero-order chi connectivity index (χ0) is 15.6. The molecule has 0 aromatic rings. The van der Waals surface area contributed by atoms with Crippen molar-refractivity contribution >= 4 is 14.5 Å². The maximum absolute atomic E-state index is 11.0. The molecule has 0 unspecified atom stereocenters. The number of carbonyl (C=O) groups excluding carboxylic acids is 1. The molecule has 0 aromatic carbocycles. The molecule has 0 heterocycles. The predicted molar refractivity (Wildman–Crippen MR) is 83.9 cm³/mol. The standard InChI is InChI=1S/C15H30O4Si/c1-7-14(16)17-13-11-12-15(5,6)19-20(9-3,10-4)18-8-2/h7H,1,8-13H2,2-6H3. The Morgan fingerprint density at radius 2 is 1.85 bits per heavy atom. The van der Waals surface area contributed by atoms with Gasteiger partial charge in [-0.2, -0.15) is 0 Å². The summed E-state index contributed by atoms with van der Waals surface area (Å²) in [6, 6.07) is 1.90. The molecule has 0 bridgehead atoms. The van der Waals surface area contributed by atoms with Crippen LogP contribution in [0.5, 0.6) is 0 Å². The first-order valence-electron chi connectivity index (χ1n) is 7.48. The predicted octanol–water partition coefficient (Wildman–Crippen LogP) is 3.81. The molecule has 118 valence electrons. The van der Waals surface area contributed by atoms with Crippen LogP contribution in [0, 0.1) is 0 Å². The molecular formula is C15H30O4Si. The topological polar surface area (TPSA) is 44.8 Å². The van der Waals surface area contributed by atoms with Crippen LogP contribution in [-0.4, -0.2) is 33.3 Å². The van der Waals surface area contributed by atoms with E-state index in [0.29, 0.717) is 13.2 Å². The molecule has 0 aliphatic heterocycles. The van der Waals surface area contributed by atoms with E-state index < -0.39 is 8.56 Å². The van der Waals surface area contributed by atoms with E-state index >= 15 is 0 Å². The van der Waals surface area contributed by atoms with E-state index in [0.717, 1.165) is 24.9 Å². The molecule has 20 heavy (non-hydrogen) atoms. The van der Waals surface area contributed by atoms with Gasteiger partial charge in [0.2, 0.25) is 0 Å². The first-order chi connectivity index (χ1) is 9.34. The Hall–Kier alpha value is -0.653. The second kappa shape index (κ2) is 9.31. The molecule has 5 heteroatoms. The normalized spacial score (nSPS) is 12.2. The van der Waals surface area contributed by atoms with Crippen LogP contribution in [0.1, 0.15) is 47.5 Å². The van der Waals surface area contributed by atoms with Crippen LogP contribution in [0.4, 0.5) is 0 Å². The number of hydrogen-bond donors (Lipinski definition) is 0. The fourth-order valence-corrected chi connectivity index (χ4v) is 5.07. The highest BCUT2D eigenvalue weighted by Crippen LogP contribution is 2.28.